The van der Waals surface area contributed by atoms with Crippen molar-refractivity contribution >= 4 is 37.0 Å². The number of fused-ring (bicyclic) bond motifs is 1. The summed E-state index contributed by atoms with van der Waals surface area (Å²) in [5, 5.41) is 0.163. The number of rotatable bonds is 4. The molecule has 0 bridgehead atoms. The van der Waals surface area contributed by atoms with Crippen LogP contribution in [0.3, 0.4) is 0 Å². The minimum atomic E-state index is -4.19. The molecule has 0 aliphatic carbocycles. The Balaban J connectivity index is 1.71. The highest BCUT2D eigenvalue weighted by molar-refractivity contribution is 7.92. The van der Waals surface area contributed by atoms with Crippen LogP contribution in [0.4, 0.5) is 4.79 Å². The number of nitrogens with zero attached hydrogens (tertiary/aromatic N) is 3. The number of aromatic nitrogens is 1. The van der Waals surface area contributed by atoms with Crippen molar-refractivity contribution in [3.63, 3.8) is 0 Å². The van der Waals surface area contributed by atoms with Crippen molar-refractivity contribution in [2.24, 2.45) is 0 Å². The van der Waals surface area contributed by atoms with E-state index in [2.05, 4.69) is 0 Å². The van der Waals surface area contributed by atoms with Crippen LogP contribution in [0.2, 0.25) is 0 Å². The van der Waals surface area contributed by atoms with Gasteiger partial charge in [-0.05, 0) is 45.0 Å². The van der Waals surface area contributed by atoms with E-state index < -0.39 is 31.7 Å². The molecule has 11 heteroatoms. The number of amides is 1. The van der Waals surface area contributed by atoms with Crippen molar-refractivity contribution in [3.8, 4) is 0 Å². The van der Waals surface area contributed by atoms with Crippen LogP contribution in [0.1, 0.15) is 20.8 Å². The van der Waals surface area contributed by atoms with Gasteiger partial charge in [-0.1, -0.05) is 36.4 Å². The Labute approximate surface area is 199 Å². The van der Waals surface area contributed by atoms with E-state index in [1.54, 1.807) is 63.2 Å². The van der Waals surface area contributed by atoms with Gasteiger partial charge in [-0.3, -0.25) is 0 Å². The van der Waals surface area contributed by atoms with Gasteiger partial charge in [-0.25, -0.2) is 25.6 Å². The molecule has 0 unspecified atom stereocenters. The van der Waals surface area contributed by atoms with E-state index in [0.717, 1.165) is 3.97 Å². The van der Waals surface area contributed by atoms with Gasteiger partial charge in [0.2, 0.25) is 0 Å². The number of ether oxygens (including phenoxy) is 1. The molecule has 34 heavy (non-hydrogen) atoms. The Morgan fingerprint density at radius 3 is 2.03 bits per heavy atom. The van der Waals surface area contributed by atoms with Crippen molar-refractivity contribution in [2.45, 2.75) is 36.3 Å². The quantitative estimate of drug-likeness (QED) is 0.539. The number of para-hydroxylation sites is 1. The molecule has 1 aliphatic rings. The summed E-state index contributed by atoms with van der Waals surface area (Å²) in [5.41, 5.74) is -0.384. The lowest BCUT2D eigenvalue weighted by Crippen LogP contribution is -2.51. The zero-order chi connectivity index (χ0) is 24.7. The number of hydrogen-bond donors (Lipinski definition) is 0. The van der Waals surface area contributed by atoms with Crippen LogP contribution in [0.25, 0.3) is 10.9 Å². The molecule has 182 valence electrons. The van der Waals surface area contributed by atoms with Gasteiger partial charge >= 0.3 is 6.09 Å². The van der Waals surface area contributed by atoms with Gasteiger partial charge in [0.15, 0.2) is 5.03 Å². The topological polar surface area (TPSA) is 106 Å². The molecule has 2 aromatic carbocycles. The summed E-state index contributed by atoms with van der Waals surface area (Å²) in [4.78, 5) is 13.8. The Kier molecular flexibility index (Phi) is 6.21. The zero-order valence-corrected chi connectivity index (χ0v) is 20.8. The number of sulfonamides is 1. The second kappa shape index (κ2) is 8.71. The maximum atomic E-state index is 13.7. The van der Waals surface area contributed by atoms with Gasteiger partial charge in [-0.15, -0.1) is 0 Å². The average Bonchev–Trinajstić information content (AvgIpc) is 3.20. The Morgan fingerprint density at radius 2 is 1.41 bits per heavy atom. The van der Waals surface area contributed by atoms with Gasteiger partial charge < -0.3 is 9.64 Å². The van der Waals surface area contributed by atoms with Crippen LogP contribution >= 0.6 is 0 Å². The number of carbonyl (C=O) groups excluding carboxylic acids is 1. The fraction of sp³-hybridized carbons (Fsp3) is 0.348. The lowest BCUT2D eigenvalue weighted by molar-refractivity contribution is 0.0192. The summed E-state index contributed by atoms with van der Waals surface area (Å²) in [5.74, 6) is 0. The molecule has 0 atom stereocenters. The highest BCUT2D eigenvalue weighted by Crippen LogP contribution is 2.30. The third-order valence-electron chi connectivity index (χ3n) is 5.41. The lowest BCUT2D eigenvalue weighted by atomic mass is 10.2. The monoisotopic (exact) mass is 505 g/mol. The molecule has 1 fully saturated rings. The van der Waals surface area contributed by atoms with Gasteiger partial charge in [0.25, 0.3) is 20.0 Å². The van der Waals surface area contributed by atoms with E-state index >= 15 is 0 Å². The Bertz CT molecular complexity index is 1420. The summed E-state index contributed by atoms with van der Waals surface area (Å²) in [6, 6.07) is 15.7. The van der Waals surface area contributed by atoms with Crippen LogP contribution in [0.15, 0.2) is 70.6 Å². The third-order valence-corrected chi connectivity index (χ3v) is 9.14. The van der Waals surface area contributed by atoms with E-state index in [9.17, 15) is 21.6 Å². The maximum absolute atomic E-state index is 13.7. The predicted octanol–water partition coefficient (Wildman–Crippen LogP) is 3.12. The van der Waals surface area contributed by atoms with Crippen LogP contribution in [-0.4, -0.2) is 67.9 Å². The van der Waals surface area contributed by atoms with Crippen LogP contribution in [-0.2, 0) is 24.8 Å². The average molecular weight is 506 g/mol. The van der Waals surface area contributed by atoms with Crippen LogP contribution in [0.5, 0.6) is 0 Å². The Hall–Kier alpha value is -2.89. The maximum Gasteiger partial charge on any atom is 0.410 e. The summed E-state index contributed by atoms with van der Waals surface area (Å²) in [6.07, 6.45) is -0.509. The second-order valence-corrected chi connectivity index (χ2v) is 12.7. The SMILES string of the molecule is CC(C)(C)OC(=O)N1CCN(S(=O)(=O)c2cc3ccccc3n2S(=O)(=O)c2ccccc2)CC1. The first-order chi connectivity index (χ1) is 15.9. The smallest absolute Gasteiger partial charge is 0.410 e. The number of carbonyl (C=O) groups is 1. The van der Waals surface area contributed by atoms with Gasteiger partial charge in [0.05, 0.1) is 10.4 Å². The molecular weight excluding hydrogens is 478 g/mol. The van der Waals surface area contributed by atoms with Crippen LogP contribution in [0, 0.1) is 0 Å². The molecule has 9 nitrogen and oxygen atoms in total. The highest BCUT2D eigenvalue weighted by Gasteiger charge is 2.36. The molecule has 2 heterocycles. The standard InChI is InChI=1S/C23H27N3O6S2/c1-23(2,3)32-22(27)24-13-15-25(16-14-24)34(30,31)21-17-18-9-7-8-12-20(18)26(21)33(28,29)19-10-5-4-6-11-19/h4-12,17H,13-16H2,1-3H3. The molecule has 1 saturated heterocycles. The molecular formula is C23H27N3O6S2. The van der Waals surface area contributed by atoms with Crippen molar-refractivity contribution < 1.29 is 26.4 Å². The lowest BCUT2D eigenvalue weighted by Gasteiger charge is -2.35. The molecule has 1 amide bonds. The normalized spacial score (nSPS) is 16.0. The summed E-state index contributed by atoms with van der Waals surface area (Å²) in [7, 11) is -8.38. The van der Waals surface area contributed by atoms with Crippen LogP contribution < -0.4 is 0 Å². The van der Waals surface area contributed by atoms with Gasteiger partial charge in [0, 0.05) is 31.6 Å². The van der Waals surface area contributed by atoms with E-state index in [0.29, 0.717) is 5.39 Å². The number of hydrogen-bond acceptors (Lipinski definition) is 6. The summed E-state index contributed by atoms with van der Waals surface area (Å²) < 4.78 is 61.9. The first-order valence-electron chi connectivity index (χ1n) is 10.8. The third kappa shape index (κ3) is 4.55. The minimum absolute atomic E-state index is 0.0115. The van der Waals surface area contributed by atoms with Gasteiger partial charge in [-0.2, -0.15) is 4.31 Å². The van der Waals surface area contributed by atoms with E-state index in [-0.39, 0.29) is 41.6 Å². The van der Waals surface area contributed by atoms with E-state index in [4.69, 9.17) is 4.74 Å². The highest BCUT2D eigenvalue weighted by atomic mass is 32.2. The second-order valence-electron chi connectivity index (χ2n) is 9.00. The Morgan fingerprint density at radius 1 is 0.824 bits per heavy atom. The van der Waals surface area contributed by atoms with E-state index in [1.807, 2.05) is 0 Å². The van der Waals surface area contributed by atoms with Gasteiger partial charge in [0.1, 0.15) is 5.60 Å². The first-order valence-corrected chi connectivity index (χ1v) is 13.7. The molecule has 4 rings (SSSR count). The summed E-state index contributed by atoms with van der Waals surface area (Å²) >= 11 is 0. The molecule has 0 radical (unpaired) electrons. The molecule has 0 N–H and O–H groups in total. The number of piperazine rings is 1. The first kappa shape index (κ1) is 24.2. The van der Waals surface area contributed by atoms with Crippen molar-refractivity contribution in [1.29, 1.82) is 0 Å². The number of benzene rings is 2. The predicted molar refractivity (Wildman–Crippen MR) is 128 cm³/mol. The largest absolute Gasteiger partial charge is 0.444 e. The zero-order valence-electron chi connectivity index (χ0n) is 19.2. The fourth-order valence-electron chi connectivity index (χ4n) is 3.80. The molecule has 0 saturated carbocycles. The minimum Gasteiger partial charge on any atom is -0.444 e. The molecule has 1 aliphatic heterocycles. The molecule has 3 aromatic rings. The van der Waals surface area contributed by atoms with E-state index in [1.165, 1.54) is 27.4 Å². The van der Waals surface area contributed by atoms with Crippen molar-refractivity contribution in [3.05, 3.63) is 60.7 Å². The molecule has 1 aromatic heterocycles. The molecule has 0 spiro atoms. The van der Waals surface area contributed by atoms with Crippen molar-refractivity contribution in [2.75, 3.05) is 26.2 Å². The summed E-state index contributed by atoms with van der Waals surface area (Å²) in [6.45, 7) is 5.61. The van der Waals surface area contributed by atoms with Crippen molar-refractivity contribution in [1.82, 2.24) is 13.2 Å². The fourth-order valence-corrected chi connectivity index (χ4v) is 7.30.